The molecule has 1 fully saturated rings. The van der Waals surface area contributed by atoms with E-state index in [0.29, 0.717) is 0 Å². The topological polar surface area (TPSA) is 52.4 Å². The first-order valence-corrected chi connectivity index (χ1v) is 8.58. The van der Waals surface area contributed by atoms with Gasteiger partial charge in [-0.05, 0) is 24.1 Å². The summed E-state index contributed by atoms with van der Waals surface area (Å²) in [5.41, 5.74) is 2.34. The van der Waals surface area contributed by atoms with Crippen LogP contribution in [-0.2, 0) is 24.8 Å². The fourth-order valence-corrected chi connectivity index (χ4v) is 4.02. The number of hydrogen-bond donors (Lipinski definition) is 0. The maximum atomic E-state index is 6.31. The highest BCUT2D eigenvalue weighted by Crippen LogP contribution is 2.38. The molecular weight excluding hydrogens is 328 g/mol. The summed E-state index contributed by atoms with van der Waals surface area (Å²) >= 11 is 6.31. The molecule has 1 saturated heterocycles. The lowest BCUT2D eigenvalue weighted by Gasteiger charge is -2.24. The van der Waals surface area contributed by atoms with Crippen molar-refractivity contribution in [3.05, 3.63) is 40.4 Å². The van der Waals surface area contributed by atoms with E-state index >= 15 is 0 Å². The number of aromatic nitrogens is 3. The summed E-state index contributed by atoms with van der Waals surface area (Å²) in [4.78, 5) is 2.38. The quantitative estimate of drug-likeness (QED) is 0.849. The molecule has 2 aliphatic heterocycles. The van der Waals surface area contributed by atoms with Gasteiger partial charge < -0.3 is 14.0 Å². The highest BCUT2D eigenvalue weighted by atomic mass is 35.5. The summed E-state index contributed by atoms with van der Waals surface area (Å²) in [6, 6.07) is 4.20. The van der Waals surface area contributed by atoms with E-state index in [-0.39, 0.29) is 12.1 Å². The van der Waals surface area contributed by atoms with Crippen molar-refractivity contribution in [1.29, 1.82) is 0 Å². The van der Waals surface area contributed by atoms with Gasteiger partial charge in [0.05, 0.1) is 18.8 Å². The Hall–Kier alpha value is -1.63. The molecular formula is C17H21ClN4O2. The predicted molar refractivity (Wildman–Crippen MR) is 90.2 cm³/mol. The van der Waals surface area contributed by atoms with Crippen molar-refractivity contribution >= 4 is 11.6 Å². The number of aryl methyl sites for hydroxylation is 1. The van der Waals surface area contributed by atoms with Crippen LogP contribution in [0.1, 0.15) is 29.4 Å². The molecule has 0 radical (unpaired) electrons. The number of hydrogen-bond acceptors (Lipinski definition) is 5. The van der Waals surface area contributed by atoms with Gasteiger partial charge in [-0.1, -0.05) is 11.6 Å². The van der Waals surface area contributed by atoms with Crippen LogP contribution in [0, 0.1) is 0 Å². The molecule has 128 valence electrons. The van der Waals surface area contributed by atoms with Crippen molar-refractivity contribution in [3.63, 3.8) is 0 Å². The molecule has 24 heavy (non-hydrogen) atoms. The van der Waals surface area contributed by atoms with Crippen molar-refractivity contribution in [1.82, 2.24) is 19.7 Å². The molecule has 1 aromatic carbocycles. The summed E-state index contributed by atoms with van der Waals surface area (Å²) in [7, 11) is 3.75. The lowest BCUT2D eigenvalue weighted by atomic mass is 10.1. The zero-order valence-corrected chi connectivity index (χ0v) is 14.7. The Morgan fingerprint density at radius 3 is 3.04 bits per heavy atom. The molecule has 0 bridgehead atoms. The van der Waals surface area contributed by atoms with Gasteiger partial charge in [0.15, 0.2) is 0 Å². The molecule has 0 aliphatic carbocycles. The third-order valence-electron chi connectivity index (χ3n) is 4.94. The van der Waals surface area contributed by atoms with E-state index in [1.807, 2.05) is 23.7 Å². The molecule has 0 saturated carbocycles. The number of likely N-dealkylation sites (tertiary alicyclic amines) is 1. The van der Waals surface area contributed by atoms with Crippen molar-refractivity contribution < 1.29 is 9.47 Å². The first-order chi connectivity index (χ1) is 11.7. The lowest BCUT2D eigenvalue weighted by molar-refractivity contribution is 0.107. The minimum absolute atomic E-state index is 0.179. The normalized spacial score (nSPS) is 23.5. The minimum Gasteiger partial charge on any atom is -0.493 e. The highest BCUT2D eigenvalue weighted by molar-refractivity contribution is 6.30. The van der Waals surface area contributed by atoms with Crippen LogP contribution < -0.4 is 4.74 Å². The molecule has 4 rings (SSSR count). The van der Waals surface area contributed by atoms with Gasteiger partial charge in [0.2, 0.25) is 0 Å². The molecule has 0 N–H and O–H groups in total. The van der Waals surface area contributed by atoms with Crippen molar-refractivity contribution in [2.75, 3.05) is 20.3 Å². The van der Waals surface area contributed by atoms with Crippen LogP contribution in [0.4, 0.5) is 0 Å². The monoisotopic (exact) mass is 348 g/mol. The average molecular weight is 349 g/mol. The summed E-state index contributed by atoms with van der Waals surface area (Å²) in [6.07, 6.45) is 3.77. The Labute approximate surface area is 146 Å². The smallest absolute Gasteiger partial charge is 0.150 e. The number of halogens is 1. The van der Waals surface area contributed by atoms with Crippen LogP contribution >= 0.6 is 11.6 Å². The molecule has 0 unspecified atom stereocenters. The molecule has 0 spiro atoms. The average Bonchev–Trinajstić information content (AvgIpc) is 3.26. The molecule has 6 nitrogen and oxygen atoms in total. The van der Waals surface area contributed by atoms with Gasteiger partial charge >= 0.3 is 0 Å². The van der Waals surface area contributed by atoms with Gasteiger partial charge in [0, 0.05) is 44.3 Å². The molecule has 3 heterocycles. The zero-order chi connectivity index (χ0) is 16.7. The van der Waals surface area contributed by atoms with Gasteiger partial charge in [-0.15, -0.1) is 10.2 Å². The van der Waals surface area contributed by atoms with Crippen LogP contribution in [0.2, 0.25) is 5.02 Å². The van der Waals surface area contributed by atoms with E-state index in [9.17, 15) is 0 Å². The number of ether oxygens (including phenoxy) is 2. The van der Waals surface area contributed by atoms with Crippen molar-refractivity contribution in [2.45, 2.75) is 31.5 Å². The predicted octanol–water partition coefficient (Wildman–Crippen LogP) is 2.37. The number of rotatable bonds is 4. The van der Waals surface area contributed by atoms with Crippen LogP contribution in [0.5, 0.6) is 5.75 Å². The Morgan fingerprint density at radius 2 is 2.29 bits per heavy atom. The SMILES string of the molecule is CO[C@@H]1C[C@@H](c2nncn2C)N(Cc2cc(Cl)cc3c2OCC3)C1. The Kier molecular flexibility index (Phi) is 4.20. The Bertz CT molecular complexity index is 748. The molecule has 2 atom stereocenters. The molecule has 2 aromatic rings. The van der Waals surface area contributed by atoms with Gasteiger partial charge in [-0.3, -0.25) is 4.90 Å². The number of benzene rings is 1. The van der Waals surface area contributed by atoms with Crippen molar-refractivity contribution in [2.24, 2.45) is 7.05 Å². The number of nitrogens with zero attached hydrogens (tertiary/aromatic N) is 4. The Morgan fingerprint density at radius 1 is 1.42 bits per heavy atom. The summed E-state index contributed by atoms with van der Waals surface area (Å²) in [5, 5.41) is 9.11. The van der Waals surface area contributed by atoms with Crippen LogP contribution in [0.25, 0.3) is 0 Å². The molecule has 2 aliphatic rings. The van der Waals surface area contributed by atoms with E-state index < -0.39 is 0 Å². The maximum absolute atomic E-state index is 6.31. The third kappa shape index (κ3) is 2.79. The first kappa shape index (κ1) is 15.9. The highest BCUT2D eigenvalue weighted by Gasteiger charge is 2.36. The zero-order valence-electron chi connectivity index (χ0n) is 13.9. The summed E-state index contributed by atoms with van der Waals surface area (Å²) < 4.78 is 13.4. The fourth-order valence-electron chi connectivity index (χ4n) is 3.75. The van der Waals surface area contributed by atoms with Crippen molar-refractivity contribution in [3.8, 4) is 5.75 Å². The largest absolute Gasteiger partial charge is 0.493 e. The van der Waals surface area contributed by atoms with Crippen LogP contribution in [0.3, 0.4) is 0 Å². The number of fused-ring (bicyclic) bond motifs is 1. The molecule has 0 amide bonds. The second-order valence-corrected chi connectivity index (χ2v) is 6.93. The molecule has 1 aromatic heterocycles. The second kappa shape index (κ2) is 6.35. The fraction of sp³-hybridized carbons (Fsp3) is 0.529. The summed E-state index contributed by atoms with van der Waals surface area (Å²) in [5.74, 6) is 1.96. The lowest BCUT2D eigenvalue weighted by Crippen LogP contribution is -2.26. The standard InChI is InChI=1S/C17H21ClN4O2/c1-21-10-19-20-17(21)15-7-14(23-2)9-22(15)8-12-6-13(18)5-11-3-4-24-16(11)12/h5-6,10,14-15H,3-4,7-9H2,1-2H3/t14-,15+/m1/s1. The van der Waals surface area contributed by atoms with Gasteiger partial charge in [-0.2, -0.15) is 0 Å². The maximum Gasteiger partial charge on any atom is 0.150 e. The van der Waals surface area contributed by atoms with Crippen LogP contribution in [-0.4, -0.2) is 46.0 Å². The second-order valence-electron chi connectivity index (χ2n) is 6.49. The van der Waals surface area contributed by atoms with Gasteiger partial charge in [0.25, 0.3) is 0 Å². The van der Waals surface area contributed by atoms with Crippen LogP contribution in [0.15, 0.2) is 18.5 Å². The minimum atomic E-state index is 0.179. The van der Waals surface area contributed by atoms with E-state index in [0.717, 1.165) is 54.7 Å². The summed E-state index contributed by atoms with van der Waals surface area (Å²) in [6.45, 7) is 2.35. The van der Waals surface area contributed by atoms with E-state index in [4.69, 9.17) is 21.1 Å². The van der Waals surface area contributed by atoms with Gasteiger partial charge in [0.1, 0.15) is 17.9 Å². The van der Waals surface area contributed by atoms with E-state index in [1.54, 1.807) is 13.4 Å². The molecule has 7 heteroatoms. The third-order valence-corrected chi connectivity index (χ3v) is 5.16. The van der Waals surface area contributed by atoms with Gasteiger partial charge in [-0.25, -0.2) is 0 Å². The number of methoxy groups -OCH3 is 1. The Balaban J connectivity index is 1.64. The first-order valence-electron chi connectivity index (χ1n) is 8.20. The van der Waals surface area contributed by atoms with E-state index in [2.05, 4.69) is 15.1 Å². The van der Waals surface area contributed by atoms with E-state index in [1.165, 1.54) is 5.56 Å².